The average Bonchev–Trinajstić information content (AvgIpc) is 2.17. The standard InChI is InChI=1S/C13H27NO2/c1-11(2)12(3,15)9-16-10-13(14)7-5-4-6-8-13/h11,15H,4-10,14H2,1-3H3. The largest absolute Gasteiger partial charge is 0.388 e. The highest BCUT2D eigenvalue weighted by Crippen LogP contribution is 2.26. The van der Waals surface area contributed by atoms with Crippen LogP contribution in [-0.4, -0.2) is 29.5 Å². The molecule has 96 valence electrons. The van der Waals surface area contributed by atoms with Gasteiger partial charge in [0.25, 0.3) is 0 Å². The number of rotatable bonds is 5. The molecule has 3 heteroatoms. The third-order valence-electron chi connectivity index (χ3n) is 3.88. The Labute approximate surface area is 99.4 Å². The molecule has 1 saturated carbocycles. The van der Waals surface area contributed by atoms with Crippen LogP contribution in [-0.2, 0) is 4.74 Å². The zero-order valence-corrected chi connectivity index (χ0v) is 11.0. The number of aliphatic hydroxyl groups is 1. The van der Waals surface area contributed by atoms with E-state index in [-0.39, 0.29) is 11.5 Å². The lowest BCUT2D eigenvalue weighted by molar-refractivity contribution is -0.0743. The predicted molar refractivity (Wildman–Crippen MR) is 66.3 cm³/mol. The van der Waals surface area contributed by atoms with E-state index in [0.717, 1.165) is 12.8 Å². The molecule has 0 amide bonds. The summed E-state index contributed by atoms with van der Waals surface area (Å²) in [6.07, 6.45) is 5.82. The maximum Gasteiger partial charge on any atom is 0.0874 e. The van der Waals surface area contributed by atoms with Crippen molar-refractivity contribution in [2.45, 2.75) is 64.0 Å². The SMILES string of the molecule is CC(C)C(C)(O)COCC1(N)CCCCC1. The second-order valence-corrected chi connectivity index (χ2v) is 5.93. The molecule has 0 saturated heterocycles. The first-order valence-electron chi connectivity index (χ1n) is 6.45. The summed E-state index contributed by atoms with van der Waals surface area (Å²) < 4.78 is 5.63. The van der Waals surface area contributed by atoms with Gasteiger partial charge in [-0.05, 0) is 25.7 Å². The van der Waals surface area contributed by atoms with E-state index in [2.05, 4.69) is 0 Å². The molecule has 0 spiro atoms. The van der Waals surface area contributed by atoms with Crippen LogP contribution >= 0.6 is 0 Å². The molecule has 0 bridgehead atoms. The van der Waals surface area contributed by atoms with Crippen molar-refractivity contribution >= 4 is 0 Å². The van der Waals surface area contributed by atoms with Crippen molar-refractivity contribution in [3.63, 3.8) is 0 Å². The summed E-state index contributed by atoms with van der Waals surface area (Å²) in [6, 6.07) is 0. The summed E-state index contributed by atoms with van der Waals surface area (Å²) in [5.74, 6) is 0.201. The summed E-state index contributed by atoms with van der Waals surface area (Å²) in [5, 5.41) is 10.0. The molecule has 0 heterocycles. The minimum absolute atomic E-state index is 0.148. The third-order valence-corrected chi connectivity index (χ3v) is 3.88. The van der Waals surface area contributed by atoms with Crippen molar-refractivity contribution in [3.05, 3.63) is 0 Å². The van der Waals surface area contributed by atoms with Crippen molar-refractivity contribution in [2.75, 3.05) is 13.2 Å². The summed E-state index contributed by atoms with van der Waals surface area (Å²) >= 11 is 0. The molecule has 1 fully saturated rings. The first kappa shape index (κ1) is 13.9. The Kier molecular flexibility index (Phi) is 4.77. The van der Waals surface area contributed by atoms with Gasteiger partial charge in [0.2, 0.25) is 0 Å². The zero-order chi connectivity index (χ0) is 12.2. The Balaban J connectivity index is 2.29. The zero-order valence-electron chi connectivity index (χ0n) is 11.0. The van der Waals surface area contributed by atoms with Crippen LogP contribution in [0.15, 0.2) is 0 Å². The van der Waals surface area contributed by atoms with Crippen LogP contribution in [0.4, 0.5) is 0 Å². The van der Waals surface area contributed by atoms with Gasteiger partial charge in [-0.25, -0.2) is 0 Å². The van der Waals surface area contributed by atoms with Gasteiger partial charge < -0.3 is 15.6 Å². The second-order valence-electron chi connectivity index (χ2n) is 5.93. The Morgan fingerprint density at radius 3 is 2.38 bits per heavy atom. The van der Waals surface area contributed by atoms with E-state index in [1.807, 2.05) is 20.8 Å². The van der Waals surface area contributed by atoms with E-state index < -0.39 is 5.60 Å². The van der Waals surface area contributed by atoms with Gasteiger partial charge in [-0.15, -0.1) is 0 Å². The molecule has 1 rings (SSSR count). The van der Waals surface area contributed by atoms with Crippen molar-refractivity contribution in [1.29, 1.82) is 0 Å². The fourth-order valence-corrected chi connectivity index (χ4v) is 2.03. The second kappa shape index (κ2) is 5.48. The smallest absolute Gasteiger partial charge is 0.0874 e. The topological polar surface area (TPSA) is 55.5 Å². The Morgan fingerprint density at radius 1 is 1.31 bits per heavy atom. The molecule has 0 aromatic heterocycles. The third kappa shape index (κ3) is 4.04. The van der Waals surface area contributed by atoms with E-state index in [1.165, 1.54) is 19.3 Å². The Hall–Kier alpha value is -0.120. The van der Waals surface area contributed by atoms with E-state index in [4.69, 9.17) is 10.5 Å². The summed E-state index contributed by atoms with van der Waals surface area (Å²) in [6.45, 7) is 6.78. The van der Waals surface area contributed by atoms with E-state index in [9.17, 15) is 5.11 Å². The first-order chi connectivity index (χ1) is 7.36. The molecular formula is C13H27NO2. The van der Waals surface area contributed by atoms with E-state index in [0.29, 0.717) is 13.2 Å². The first-order valence-corrected chi connectivity index (χ1v) is 6.45. The lowest BCUT2D eigenvalue weighted by atomic mass is 9.83. The van der Waals surface area contributed by atoms with Gasteiger partial charge in [-0.3, -0.25) is 0 Å². The highest BCUT2D eigenvalue weighted by Gasteiger charge is 2.30. The van der Waals surface area contributed by atoms with Crippen LogP contribution in [0.2, 0.25) is 0 Å². The molecule has 0 aromatic rings. The molecule has 0 aromatic carbocycles. The minimum Gasteiger partial charge on any atom is -0.388 e. The predicted octanol–water partition coefficient (Wildman–Crippen LogP) is 2.07. The molecule has 0 aliphatic heterocycles. The maximum atomic E-state index is 10.0. The van der Waals surface area contributed by atoms with Crippen molar-refractivity contribution in [1.82, 2.24) is 0 Å². The van der Waals surface area contributed by atoms with Gasteiger partial charge in [0.1, 0.15) is 0 Å². The van der Waals surface area contributed by atoms with Crippen LogP contribution < -0.4 is 5.73 Å². The molecule has 1 unspecified atom stereocenters. The molecule has 3 nitrogen and oxygen atoms in total. The van der Waals surface area contributed by atoms with Gasteiger partial charge in [-0.1, -0.05) is 33.1 Å². The number of nitrogens with two attached hydrogens (primary N) is 1. The fourth-order valence-electron chi connectivity index (χ4n) is 2.03. The van der Waals surface area contributed by atoms with Crippen LogP contribution in [0.3, 0.4) is 0 Å². The summed E-state index contributed by atoms with van der Waals surface area (Å²) in [4.78, 5) is 0. The van der Waals surface area contributed by atoms with Crippen molar-refractivity contribution in [2.24, 2.45) is 11.7 Å². The van der Waals surface area contributed by atoms with Crippen LogP contribution in [0, 0.1) is 5.92 Å². The summed E-state index contributed by atoms with van der Waals surface area (Å²) in [5.41, 5.74) is 5.37. The Morgan fingerprint density at radius 2 is 1.88 bits per heavy atom. The van der Waals surface area contributed by atoms with E-state index in [1.54, 1.807) is 0 Å². The van der Waals surface area contributed by atoms with Gasteiger partial charge >= 0.3 is 0 Å². The normalized spacial score (nSPS) is 24.4. The number of hydrogen-bond acceptors (Lipinski definition) is 3. The number of ether oxygens (including phenoxy) is 1. The summed E-state index contributed by atoms with van der Waals surface area (Å²) in [7, 11) is 0. The monoisotopic (exact) mass is 229 g/mol. The van der Waals surface area contributed by atoms with Crippen molar-refractivity contribution in [3.8, 4) is 0 Å². The van der Waals surface area contributed by atoms with Gasteiger partial charge in [-0.2, -0.15) is 0 Å². The fraction of sp³-hybridized carbons (Fsp3) is 1.00. The highest BCUT2D eigenvalue weighted by atomic mass is 16.5. The van der Waals surface area contributed by atoms with E-state index >= 15 is 0 Å². The number of hydrogen-bond donors (Lipinski definition) is 2. The van der Waals surface area contributed by atoms with Gasteiger partial charge in [0.05, 0.1) is 18.8 Å². The molecule has 16 heavy (non-hydrogen) atoms. The van der Waals surface area contributed by atoms with Crippen molar-refractivity contribution < 1.29 is 9.84 Å². The van der Waals surface area contributed by atoms with Gasteiger partial charge in [0.15, 0.2) is 0 Å². The molecular weight excluding hydrogens is 202 g/mol. The average molecular weight is 229 g/mol. The lowest BCUT2D eigenvalue weighted by Gasteiger charge is -2.35. The lowest BCUT2D eigenvalue weighted by Crippen LogP contribution is -2.47. The maximum absolute atomic E-state index is 10.0. The minimum atomic E-state index is -0.745. The molecule has 0 radical (unpaired) electrons. The highest BCUT2D eigenvalue weighted by molar-refractivity contribution is 4.87. The molecule has 1 aliphatic rings. The Bertz CT molecular complexity index is 208. The van der Waals surface area contributed by atoms with Crippen LogP contribution in [0.1, 0.15) is 52.9 Å². The van der Waals surface area contributed by atoms with Gasteiger partial charge in [0, 0.05) is 5.54 Å². The van der Waals surface area contributed by atoms with Crippen LogP contribution in [0.25, 0.3) is 0 Å². The quantitative estimate of drug-likeness (QED) is 0.759. The molecule has 3 N–H and O–H groups in total. The van der Waals surface area contributed by atoms with Crippen LogP contribution in [0.5, 0.6) is 0 Å². The molecule has 1 aliphatic carbocycles. The molecule has 1 atom stereocenters.